The van der Waals surface area contributed by atoms with Gasteiger partial charge in [-0.15, -0.1) is 0 Å². The van der Waals surface area contributed by atoms with Crippen molar-refractivity contribution in [3.8, 4) is 0 Å². The second kappa shape index (κ2) is 8.26. The maximum Gasteiger partial charge on any atom is 0.332 e. The van der Waals surface area contributed by atoms with E-state index in [-0.39, 0.29) is 11.9 Å². The maximum atomic E-state index is 11.5. The van der Waals surface area contributed by atoms with E-state index in [1.54, 1.807) is 13.8 Å². The van der Waals surface area contributed by atoms with Gasteiger partial charge in [-0.05, 0) is 13.3 Å². The molecule has 0 aliphatic heterocycles. The molecule has 0 saturated carbocycles. The second-order valence-corrected chi connectivity index (χ2v) is 3.36. The van der Waals surface area contributed by atoms with Gasteiger partial charge in [-0.1, -0.05) is 26.7 Å². The summed E-state index contributed by atoms with van der Waals surface area (Å²) in [6, 6.07) is 0. The molecule has 0 rings (SSSR count). The zero-order valence-corrected chi connectivity index (χ0v) is 9.91. The quantitative estimate of drug-likeness (QED) is 0.504. The molecule has 0 heterocycles. The van der Waals surface area contributed by atoms with E-state index in [0.717, 1.165) is 24.3 Å². The summed E-state index contributed by atoms with van der Waals surface area (Å²) in [6.07, 6.45) is 3.71. The van der Waals surface area contributed by atoms with Gasteiger partial charge in [0.2, 0.25) is 0 Å². The van der Waals surface area contributed by atoms with Crippen molar-refractivity contribution in [2.75, 3.05) is 6.54 Å². The lowest BCUT2D eigenvalue weighted by molar-refractivity contribution is -0.197. The zero-order valence-electron chi connectivity index (χ0n) is 9.91. The molecule has 0 spiro atoms. The third-order valence-electron chi connectivity index (χ3n) is 2.06. The van der Waals surface area contributed by atoms with Crippen molar-refractivity contribution in [1.29, 1.82) is 0 Å². The van der Waals surface area contributed by atoms with Crippen LogP contribution in [0.5, 0.6) is 0 Å². The maximum absolute atomic E-state index is 11.5. The highest BCUT2D eigenvalue weighted by atomic mass is 16.7. The summed E-state index contributed by atoms with van der Waals surface area (Å²) in [5.74, 6) is -0.464. The highest BCUT2D eigenvalue weighted by molar-refractivity contribution is 5.77. The molecular weight excluding hydrogens is 194 g/mol. The molecule has 0 aromatic heterocycles. The summed E-state index contributed by atoms with van der Waals surface area (Å²) in [6.45, 7) is 5.99. The lowest BCUT2D eigenvalue weighted by atomic mass is 10.2. The van der Waals surface area contributed by atoms with Crippen molar-refractivity contribution < 1.29 is 14.4 Å². The molecular formula is C11H21NO3. The van der Waals surface area contributed by atoms with Gasteiger partial charge in [0, 0.05) is 12.8 Å². The monoisotopic (exact) mass is 215 g/mol. The molecule has 0 aliphatic carbocycles. The first-order chi connectivity index (χ1) is 7.15. The van der Waals surface area contributed by atoms with Gasteiger partial charge >= 0.3 is 5.97 Å². The number of hydrogen-bond acceptors (Lipinski definition) is 3. The van der Waals surface area contributed by atoms with Crippen molar-refractivity contribution >= 4 is 11.9 Å². The number of hydrogen-bond donors (Lipinski definition) is 0. The van der Waals surface area contributed by atoms with E-state index in [1.165, 1.54) is 0 Å². The van der Waals surface area contributed by atoms with Crippen LogP contribution in [0, 0.1) is 0 Å². The summed E-state index contributed by atoms with van der Waals surface area (Å²) in [5, 5.41) is 1.15. The summed E-state index contributed by atoms with van der Waals surface area (Å²) in [5.41, 5.74) is 0. The van der Waals surface area contributed by atoms with Gasteiger partial charge in [0.05, 0.1) is 6.54 Å². The average Bonchev–Trinajstić information content (AvgIpc) is 2.25. The Hall–Kier alpha value is -1.06. The highest BCUT2D eigenvalue weighted by Crippen LogP contribution is 2.04. The van der Waals surface area contributed by atoms with Crippen molar-refractivity contribution in [3.05, 3.63) is 0 Å². The molecule has 88 valence electrons. The lowest BCUT2D eigenvalue weighted by Crippen LogP contribution is -2.33. The molecule has 0 aromatic carbocycles. The van der Waals surface area contributed by atoms with E-state index < -0.39 is 0 Å². The van der Waals surface area contributed by atoms with E-state index in [0.29, 0.717) is 19.4 Å². The zero-order chi connectivity index (χ0) is 11.7. The molecule has 0 saturated heterocycles. The lowest BCUT2D eigenvalue weighted by Gasteiger charge is -2.18. The summed E-state index contributed by atoms with van der Waals surface area (Å²) < 4.78 is 0. The molecule has 0 atom stereocenters. The Labute approximate surface area is 91.5 Å². The van der Waals surface area contributed by atoms with Crippen molar-refractivity contribution in [3.63, 3.8) is 0 Å². The van der Waals surface area contributed by atoms with Crippen LogP contribution in [0.1, 0.15) is 52.9 Å². The van der Waals surface area contributed by atoms with Gasteiger partial charge in [-0.3, -0.25) is 4.79 Å². The van der Waals surface area contributed by atoms with E-state index in [4.69, 9.17) is 4.84 Å². The minimum atomic E-state index is -0.360. The number of carbonyl (C=O) groups is 2. The fraction of sp³-hybridized carbons (Fsp3) is 0.818. The van der Waals surface area contributed by atoms with Crippen LogP contribution in [0.15, 0.2) is 0 Å². The Morgan fingerprint density at radius 2 is 1.80 bits per heavy atom. The van der Waals surface area contributed by atoms with Crippen LogP contribution >= 0.6 is 0 Å². The summed E-state index contributed by atoms with van der Waals surface area (Å²) >= 11 is 0. The van der Waals surface area contributed by atoms with E-state index >= 15 is 0 Å². The molecule has 0 radical (unpaired) electrons. The van der Waals surface area contributed by atoms with Gasteiger partial charge < -0.3 is 4.84 Å². The molecule has 0 aromatic rings. The molecule has 4 heteroatoms. The van der Waals surface area contributed by atoms with Crippen LogP contribution in [0.4, 0.5) is 0 Å². The third-order valence-corrected chi connectivity index (χ3v) is 2.06. The smallest absolute Gasteiger partial charge is 0.332 e. The van der Waals surface area contributed by atoms with E-state index in [2.05, 4.69) is 6.92 Å². The Morgan fingerprint density at radius 1 is 1.13 bits per heavy atom. The average molecular weight is 215 g/mol. The number of carbonyl (C=O) groups excluding carboxylic acids is 2. The molecule has 15 heavy (non-hydrogen) atoms. The first-order valence-corrected chi connectivity index (χ1v) is 5.66. The predicted octanol–water partition coefficient (Wildman–Crippen LogP) is 2.28. The van der Waals surface area contributed by atoms with Gasteiger partial charge in [-0.25, -0.2) is 4.79 Å². The first kappa shape index (κ1) is 13.9. The van der Waals surface area contributed by atoms with Crippen molar-refractivity contribution in [2.24, 2.45) is 0 Å². The van der Waals surface area contributed by atoms with Crippen molar-refractivity contribution in [1.82, 2.24) is 5.06 Å². The Morgan fingerprint density at radius 3 is 2.27 bits per heavy atom. The van der Waals surface area contributed by atoms with Crippen LogP contribution in [-0.4, -0.2) is 23.5 Å². The standard InChI is InChI=1S/C11H21NO3/c1-4-7-8-9-10(13)12(6-3)15-11(14)5-2/h4-9H2,1-3H3. The molecule has 0 bridgehead atoms. The van der Waals surface area contributed by atoms with Crippen molar-refractivity contribution in [2.45, 2.75) is 52.9 Å². The second-order valence-electron chi connectivity index (χ2n) is 3.36. The number of rotatable bonds is 6. The van der Waals surface area contributed by atoms with E-state index in [9.17, 15) is 9.59 Å². The number of nitrogens with zero attached hydrogens (tertiary/aromatic N) is 1. The van der Waals surface area contributed by atoms with Gasteiger partial charge in [-0.2, -0.15) is 5.06 Å². The highest BCUT2D eigenvalue weighted by Gasteiger charge is 2.14. The first-order valence-electron chi connectivity index (χ1n) is 5.66. The van der Waals surface area contributed by atoms with Crippen LogP contribution < -0.4 is 0 Å². The molecule has 0 unspecified atom stereocenters. The summed E-state index contributed by atoms with van der Waals surface area (Å²) in [4.78, 5) is 27.4. The van der Waals surface area contributed by atoms with Gasteiger partial charge in [0.1, 0.15) is 0 Å². The molecule has 0 N–H and O–H groups in total. The Bertz CT molecular complexity index is 204. The fourth-order valence-electron chi connectivity index (χ4n) is 1.13. The molecule has 1 amide bonds. The molecule has 0 fully saturated rings. The minimum Gasteiger partial charge on any atom is -0.338 e. The van der Waals surface area contributed by atoms with Gasteiger partial charge in [0.15, 0.2) is 0 Å². The topological polar surface area (TPSA) is 46.6 Å². The SMILES string of the molecule is CCCCCC(=O)N(CC)OC(=O)CC. The third kappa shape index (κ3) is 6.10. The Kier molecular flexibility index (Phi) is 7.68. The number of amides is 1. The molecule has 4 nitrogen and oxygen atoms in total. The number of unbranched alkanes of at least 4 members (excludes halogenated alkanes) is 2. The van der Waals surface area contributed by atoms with Crippen LogP contribution in [0.25, 0.3) is 0 Å². The van der Waals surface area contributed by atoms with Crippen LogP contribution in [-0.2, 0) is 14.4 Å². The fourth-order valence-corrected chi connectivity index (χ4v) is 1.13. The van der Waals surface area contributed by atoms with Crippen LogP contribution in [0.3, 0.4) is 0 Å². The van der Waals surface area contributed by atoms with Crippen LogP contribution in [0.2, 0.25) is 0 Å². The summed E-state index contributed by atoms with van der Waals surface area (Å²) in [7, 11) is 0. The predicted molar refractivity (Wildman–Crippen MR) is 57.9 cm³/mol. The molecule has 0 aliphatic rings. The minimum absolute atomic E-state index is 0.104. The largest absolute Gasteiger partial charge is 0.338 e. The van der Waals surface area contributed by atoms with Gasteiger partial charge in [0.25, 0.3) is 5.91 Å². The normalized spacial score (nSPS) is 9.80. The Balaban J connectivity index is 3.93. The number of hydroxylamine groups is 2. The van der Waals surface area contributed by atoms with E-state index in [1.807, 2.05) is 0 Å².